The fourth-order valence-electron chi connectivity index (χ4n) is 1.81. The van der Waals surface area contributed by atoms with Crippen LogP contribution in [0.2, 0.25) is 0 Å². The molecule has 2 aromatic rings. The smallest absolute Gasteiger partial charge is 0.264 e. The number of benzene rings is 2. The minimum Gasteiger partial charge on any atom is -0.481 e. The van der Waals surface area contributed by atoms with Gasteiger partial charge in [0.05, 0.1) is 8.95 Å². The Morgan fingerprint density at radius 2 is 1.77 bits per heavy atom. The summed E-state index contributed by atoms with van der Waals surface area (Å²) in [5.74, 6) is 0.310. The van der Waals surface area contributed by atoms with Crippen molar-refractivity contribution in [2.24, 2.45) is 0 Å². The summed E-state index contributed by atoms with van der Waals surface area (Å²) in [4.78, 5) is 24.5. The zero-order valence-corrected chi connectivity index (χ0v) is 14.9. The summed E-state index contributed by atoms with van der Waals surface area (Å²) in [6, 6.07) is 12.6. The number of halogens is 2. The molecule has 0 saturated carbocycles. The molecular formula is C16H13Br2NO3. The van der Waals surface area contributed by atoms with Gasteiger partial charge in [-0.25, -0.2) is 0 Å². The first-order chi connectivity index (χ1) is 10.5. The molecule has 0 spiro atoms. The maximum atomic E-state index is 12.2. The van der Waals surface area contributed by atoms with E-state index in [0.717, 1.165) is 12.0 Å². The van der Waals surface area contributed by atoms with Crippen molar-refractivity contribution in [3.8, 4) is 5.75 Å². The maximum absolute atomic E-state index is 12.2. The number of rotatable bonds is 5. The SMILES string of the molecule is CN(C(=O)COc1c(Br)cc(C=O)cc1Br)c1ccccc1. The van der Waals surface area contributed by atoms with Gasteiger partial charge >= 0.3 is 0 Å². The van der Waals surface area contributed by atoms with Crippen LogP contribution < -0.4 is 9.64 Å². The molecule has 114 valence electrons. The standard InChI is InChI=1S/C16H13Br2NO3/c1-19(12-5-3-2-4-6-12)15(21)10-22-16-13(17)7-11(9-20)8-14(16)18/h2-9H,10H2,1H3. The zero-order chi connectivity index (χ0) is 16.1. The number of nitrogens with zero attached hydrogens (tertiary/aromatic N) is 1. The lowest BCUT2D eigenvalue weighted by Gasteiger charge is -2.18. The number of aldehydes is 1. The van der Waals surface area contributed by atoms with Crippen LogP contribution in [0.4, 0.5) is 5.69 Å². The van der Waals surface area contributed by atoms with Gasteiger partial charge in [-0.15, -0.1) is 0 Å². The van der Waals surface area contributed by atoms with Gasteiger partial charge in [0.1, 0.15) is 12.0 Å². The molecule has 0 unspecified atom stereocenters. The summed E-state index contributed by atoms with van der Waals surface area (Å²) in [5, 5.41) is 0. The molecule has 0 fully saturated rings. The van der Waals surface area contributed by atoms with Crippen molar-refractivity contribution >= 4 is 49.7 Å². The molecule has 2 rings (SSSR count). The van der Waals surface area contributed by atoms with Gasteiger partial charge in [0.25, 0.3) is 5.91 Å². The summed E-state index contributed by atoms with van der Waals surface area (Å²) in [6.07, 6.45) is 0.744. The number of carbonyl (C=O) groups excluding carboxylic acids is 2. The number of anilines is 1. The largest absolute Gasteiger partial charge is 0.481 e. The molecule has 0 saturated heterocycles. The molecule has 22 heavy (non-hydrogen) atoms. The number of likely N-dealkylation sites (N-methyl/N-ethyl adjacent to an activating group) is 1. The Balaban J connectivity index is 2.07. The van der Waals surface area contributed by atoms with E-state index in [0.29, 0.717) is 20.3 Å². The monoisotopic (exact) mass is 425 g/mol. The lowest BCUT2D eigenvalue weighted by molar-refractivity contribution is -0.120. The van der Waals surface area contributed by atoms with Gasteiger partial charge in [0, 0.05) is 18.3 Å². The normalized spacial score (nSPS) is 10.1. The van der Waals surface area contributed by atoms with Crippen molar-refractivity contribution < 1.29 is 14.3 Å². The highest BCUT2D eigenvalue weighted by Crippen LogP contribution is 2.34. The van der Waals surface area contributed by atoms with Gasteiger partial charge in [-0.05, 0) is 56.1 Å². The van der Waals surface area contributed by atoms with Gasteiger partial charge in [0.15, 0.2) is 6.61 Å². The number of amides is 1. The first-order valence-corrected chi connectivity index (χ1v) is 8.00. The fourth-order valence-corrected chi connectivity index (χ4v) is 3.26. The minimum atomic E-state index is -0.176. The van der Waals surface area contributed by atoms with Crippen LogP contribution in [0.5, 0.6) is 5.75 Å². The van der Waals surface area contributed by atoms with E-state index in [1.54, 1.807) is 19.2 Å². The molecule has 4 nitrogen and oxygen atoms in total. The fraction of sp³-hybridized carbons (Fsp3) is 0.125. The second-order valence-corrected chi connectivity index (χ2v) is 6.22. The van der Waals surface area contributed by atoms with Crippen molar-refractivity contribution in [1.82, 2.24) is 0 Å². The van der Waals surface area contributed by atoms with Crippen LogP contribution >= 0.6 is 31.9 Å². The number of hydrogen-bond acceptors (Lipinski definition) is 3. The quantitative estimate of drug-likeness (QED) is 0.677. The number of carbonyl (C=O) groups is 2. The van der Waals surface area contributed by atoms with Gasteiger partial charge in [-0.2, -0.15) is 0 Å². The highest BCUT2D eigenvalue weighted by molar-refractivity contribution is 9.11. The van der Waals surface area contributed by atoms with Crippen molar-refractivity contribution in [3.05, 3.63) is 57.0 Å². The molecule has 2 aromatic carbocycles. The predicted molar refractivity (Wildman–Crippen MR) is 92.6 cm³/mol. The van der Waals surface area contributed by atoms with E-state index in [1.807, 2.05) is 30.3 Å². The summed E-state index contributed by atoms with van der Waals surface area (Å²) < 4.78 is 6.79. The molecule has 0 aliphatic carbocycles. The zero-order valence-electron chi connectivity index (χ0n) is 11.8. The van der Waals surface area contributed by atoms with E-state index in [4.69, 9.17) is 4.74 Å². The van der Waals surface area contributed by atoms with E-state index in [2.05, 4.69) is 31.9 Å². The lowest BCUT2D eigenvalue weighted by Crippen LogP contribution is -2.31. The third kappa shape index (κ3) is 3.96. The molecule has 0 aliphatic heterocycles. The van der Waals surface area contributed by atoms with Crippen LogP contribution in [0.15, 0.2) is 51.4 Å². The van der Waals surface area contributed by atoms with E-state index < -0.39 is 0 Å². The Morgan fingerprint density at radius 3 is 2.32 bits per heavy atom. The molecule has 0 aromatic heterocycles. The van der Waals surface area contributed by atoms with Crippen LogP contribution in [-0.2, 0) is 4.79 Å². The molecule has 0 aliphatic rings. The van der Waals surface area contributed by atoms with Gasteiger partial charge in [-0.3, -0.25) is 9.59 Å². The van der Waals surface area contributed by atoms with Crippen LogP contribution in [0.1, 0.15) is 10.4 Å². The van der Waals surface area contributed by atoms with Crippen molar-refractivity contribution in [1.29, 1.82) is 0 Å². The molecule has 0 bridgehead atoms. The van der Waals surface area contributed by atoms with Crippen LogP contribution in [0.25, 0.3) is 0 Å². The number of hydrogen-bond donors (Lipinski definition) is 0. The minimum absolute atomic E-state index is 0.108. The summed E-state index contributed by atoms with van der Waals surface area (Å²) in [6.45, 7) is -0.108. The summed E-state index contributed by atoms with van der Waals surface area (Å²) >= 11 is 6.66. The van der Waals surface area contributed by atoms with Crippen molar-refractivity contribution in [2.75, 3.05) is 18.6 Å². The van der Waals surface area contributed by atoms with Gasteiger partial charge < -0.3 is 9.64 Å². The third-order valence-corrected chi connectivity index (χ3v) is 4.19. The maximum Gasteiger partial charge on any atom is 0.264 e. The van der Waals surface area contributed by atoms with E-state index in [1.165, 1.54) is 4.90 Å². The third-order valence-electron chi connectivity index (χ3n) is 3.01. The van der Waals surface area contributed by atoms with E-state index in [-0.39, 0.29) is 12.5 Å². The van der Waals surface area contributed by atoms with Crippen molar-refractivity contribution in [3.63, 3.8) is 0 Å². The molecular weight excluding hydrogens is 414 g/mol. The molecule has 0 N–H and O–H groups in total. The Morgan fingerprint density at radius 1 is 1.18 bits per heavy atom. The molecule has 1 amide bonds. The molecule has 6 heteroatoms. The predicted octanol–water partition coefficient (Wildman–Crippen LogP) is 4.07. The Kier molecular flexibility index (Phi) is 5.74. The molecule has 0 radical (unpaired) electrons. The van der Waals surface area contributed by atoms with E-state index >= 15 is 0 Å². The average molecular weight is 427 g/mol. The number of ether oxygens (including phenoxy) is 1. The average Bonchev–Trinajstić information content (AvgIpc) is 2.53. The Bertz CT molecular complexity index is 666. The first-order valence-electron chi connectivity index (χ1n) is 6.41. The summed E-state index contributed by atoms with van der Waals surface area (Å²) in [5.41, 5.74) is 1.31. The Labute approximate surface area is 145 Å². The highest BCUT2D eigenvalue weighted by Gasteiger charge is 2.14. The van der Waals surface area contributed by atoms with Crippen LogP contribution in [-0.4, -0.2) is 25.8 Å². The van der Waals surface area contributed by atoms with Crippen molar-refractivity contribution in [2.45, 2.75) is 0 Å². The van der Waals surface area contributed by atoms with Crippen LogP contribution in [0, 0.1) is 0 Å². The summed E-state index contributed by atoms with van der Waals surface area (Å²) in [7, 11) is 1.70. The second-order valence-electron chi connectivity index (χ2n) is 4.51. The Hall–Kier alpha value is -1.66. The highest BCUT2D eigenvalue weighted by atomic mass is 79.9. The van der Waals surface area contributed by atoms with Gasteiger partial charge in [0.2, 0.25) is 0 Å². The molecule has 0 atom stereocenters. The first kappa shape index (κ1) is 16.7. The lowest BCUT2D eigenvalue weighted by atomic mass is 10.2. The number of para-hydroxylation sites is 1. The van der Waals surface area contributed by atoms with E-state index in [9.17, 15) is 9.59 Å². The topological polar surface area (TPSA) is 46.6 Å². The van der Waals surface area contributed by atoms with Crippen LogP contribution in [0.3, 0.4) is 0 Å². The molecule has 0 heterocycles. The van der Waals surface area contributed by atoms with Gasteiger partial charge in [-0.1, -0.05) is 18.2 Å². The second kappa shape index (κ2) is 7.56.